The lowest BCUT2D eigenvalue weighted by atomic mass is 9.93. The summed E-state index contributed by atoms with van der Waals surface area (Å²) in [5, 5.41) is 0. The van der Waals surface area contributed by atoms with Crippen molar-refractivity contribution < 1.29 is 4.79 Å². The van der Waals surface area contributed by atoms with Crippen molar-refractivity contribution in [3.05, 3.63) is 36.4 Å². The molecule has 0 spiro atoms. The molecule has 6 nitrogen and oxygen atoms in total. The van der Waals surface area contributed by atoms with Crippen LogP contribution in [0.1, 0.15) is 42.6 Å². The van der Waals surface area contributed by atoms with Crippen LogP contribution in [0.15, 0.2) is 24.8 Å². The van der Waals surface area contributed by atoms with Gasteiger partial charge in [0.2, 0.25) is 5.78 Å². The van der Waals surface area contributed by atoms with E-state index in [9.17, 15) is 4.79 Å². The fraction of sp³-hybridized carbons (Fsp3) is 0.588. The molecule has 1 aliphatic rings. The Morgan fingerprint density at radius 2 is 2.13 bits per heavy atom. The summed E-state index contributed by atoms with van der Waals surface area (Å²) >= 11 is 0. The number of Topliss-reactive ketones (excluding diaryl/α,β-unsaturated/α-hetero) is 1. The van der Waals surface area contributed by atoms with E-state index in [1.54, 1.807) is 6.20 Å². The minimum Gasteiger partial charge on any atom is -0.334 e. The summed E-state index contributed by atoms with van der Waals surface area (Å²) in [6, 6.07) is 0. The monoisotopic (exact) mass is 315 g/mol. The first-order chi connectivity index (χ1) is 11.2. The Morgan fingerprint density at radius 1 is 1.30 bits per heavy atom. The lowest BCUT2D eigenvalue weighted by Crippen LogP contribution is -2.39. The van der Waals surface area contributed by atoms with E-state index in [4.69, 9.17) is 0 Å². The summed E-state index contributed by atoms with van der Waals surface area (Å²) in [6.07, 6.45) is 10.5. The minimum absolute atomic E-state index is 0.0411. The third-order valence-corrected chi connectivity index (χ3v) is 4.55. The fourth-order valence-electron chi connectivity index (χ4n) is 3.33. The average molecular weight is 315 g/mol. The number of aromatic nitrogens is 4. The molecule has 3 heterocycles. The van der Waals surface area contributed by atoms with E-state index < -0.39 is 0 Å². The number of aryl methyl sites for hydroxylation is 2. The van der Waals surface area contributed by atoms with Gasteiger partial charge in [-0.25, -0.2) is 9.97 Å². The number of carbonyl (C=O) groups is 1. The van der Waals surface area contributed by atoms with Crippen molar-refractivity contribution in [2.24, 2.45) is 13.0 Å². The molecular weight excluding hydrogens is 290 g/mol. The Balaban J connectivity index is 1.65. The molecule has 0 amide bonds. The number of imidazole rings is 2. The van der Waals surface area contributed by atoms with E-state index >= 15 is 0 Å². The van der Waals surface area contributed by atoms with Crippen molar-refractivity contribution in [2.45, 2.75) is 39.3 Å². The van der Waals surface area contributed by atoms with Gasteiger partial charge in [0.25, 0.3) is 0 Å². The van der Waals surface area contributed by atoms with E-state index in [-0.39, 0.29) is 11.7 Å². The van der Waals surface area contributed by atoms with E-state index in [1.165, 1.54) is 0 Å². The van der Waals surface area contributed by atoms with Gasteiger partial charge in [0.05, 0.1) is 6.54 Å². The molecule has 23 heavy (non-hydrogen) atoms. The van der Waals surface area contributed by atoms with Gasteiger partial charge in [0, 0.05) is 50.8 Å². The maximum absolute atomic E-state index is 12.7. The summed E-state index contributed by atoms with van der Waals surface area (Å²) in [5.74, 6) is 1.87. The molecule has 0 saturated carbocycles. The van der Waals surface area contributed by atoms with Crippen LogP contribution < -0.4 is 0 Å². The van der Waals surface area contributed by atoms with Crippen LogP contribution in [0.2, 0.25) is 0 Å². The molecular formula is C17H25N5O. The normalized spacial score (nSPS) is 19.1. The van der Waals surface area contributed by atoms with Crippen LogP contribution in [-0.2, 0) is 20.1 Å². The number of piperidine rings is 1. The molecule has 0 unspecified atom stereocenters. The molecule has 1 aliphatic heterocycles. The molecule has 0 bridgehead atoms. The van der Waals surface area contributed by atoms with E-state index in [1.807, 2.05) is 30.2 Å². The van der Waals surface area contributed by atoms with Crippen LogP contribution in [-0.4, -0.2) is 42.9 Å². The minimum atomic E-state index is 0.0411. The van der Waals surface area contributed by atoms with Gasteiger partial charge in [-0.2, -0.15) is 0 Å². The van der Waals surface area contributed by atoms with Gasteiger partial charge < -0.3 is 9.13 Å². The predicted octanol–water partition coefficient (Wildman–Crippen LogP) is 2.12. The van der Waals surface area contributed by atoms with Gasteiger partial charge in [-0.15, -0.1) is 0 Å². The van der Waals surface area contributed by atoms with Gasteiger partial charge in [-0.05, 0) is 25.8 Å². The lowest BCUT2D eigenvalue weighted by molar-refractivity contribution is 0.0793. The van der Waals surface area contributed by atoms with Gasteiger partial charge >= 0.3 is 0 Å². The van der Waals surface area contributed by atoms with E-state index in [0.29, 0.717) is 5.82 Å². The summed E-state index contributed by atoms with van der Waals surface area (Å²) in [7, 11) is 1.88. The van der Waals surface area contributed by atoms with E-state index in [2.05, 4.69) is 26.4 Å². The Hall–Kier alpha value is -1.95. The summed E-state index contributed by atoms with van der Waals surface area (Å²) in [4.78, 5) is 23.7. The zero-order valence-corrected chi connectivity index (χ0v) is 14.0. The SMILES string of the molecule is CCCn1ccnc1CN1CCC[C@H](C(=O)c2nccn2C)C1. The second-order valence-electron chi connectivity index (χ2n) is 6.34. The van der Waals surface area contributed by atoms with Crippen LogP contribution in [0.5, 0.6) is 0 Å². The fourth-order valence-corrected chi connectivity index (χ4v) is 3.33. The highest BCUT2D eigenvalue weighted by Gasteiger charge is 2.29. The standard InChI is InChI=1S/C17H25N5O/c1-3-8-22-11-7-18-15(22)13-21-9-4-5-14(12-21)16(23)17-19-6-10-20(17)2/h6-7,10-11,14H,3-5,8-9,12-13H2,1-2H3/t14-/m0/s1. The molecule has 3 rings (SSSR count). The smallest absolute Gasteiger partial charge is 0.202 e. The molecule has 1 saturated heterocycles. The first-order valence-corrected chi connectivity index (χ1v) is 8.43. The predicted molar refractivity (Wildman–Crippen MR) is 88.1 cm³/mol. The first kappa shape index (κ1) is 15.9. The maximum Gasteiger partial charge on any atom is 0.202 e. The molecule has 124 valence electrons. The number of nitrogens with zero attached hydrogens (tertiary/aromatic N) is 5. The quantitative estimate of drug-likeness (QED) is 0.766. The summed E-state index contributed by atoms with van der Waals surface area (Å²) in [6.45, 7) is 5.82. The van der Waals surface area contributed by atoms with Crippen molar-refractivity contribution >= 4 is 5.78 Å². The van der Waals surface area contributed by atoms with Crippen molar-refractivity contribution in [2.75, 3.05) is 13.1 Å². The molecule has 0 radical (unpaired) electrons. The zero-order chi connectivity index (χ0) is 16.2. The van der Waals surface area contributed by atoms with Crippen molar-refractivity contribution in [1.29, 1.82) is 0 Å². The van der Waals surface area contributed by atoms with Crippen LogP contribution in [0.4, 0.5) is 0 Å². The Bertz CT molecular complexity index is 659. The van der Waals surface area contributed by atoms with Crippen LogP contribution in [0, 0.1) is 5.92 Å². The van der Waals surface area contributed by atoms with Crippen LogP contribution >= 0.6 is 0 Å². The van der Waals surface area contributed by atoms with Gasteiger partial charge in [0.15, 0.2) is 5.82 Å². The number of hydrogen-bond acceptors (Lipinski definition) is 4. The molecule has 0 N–H and O–H groups in total. The number of ketones is 1. The largest absolute Gasteiger partial charge is 0.334 e. The second-order valence-corrected chi connectivity index (χ2v) is 6.34. The topological polar surface area (TPSA) is 56.0 Å². The van der Waals surface area contributed by atoms with Crippen molar-refractivity contribution in [3.63, 3.8) is 0 Å². The van der Waals surface area contributed by atoms with Crippen molar-refractivity contribution in [3.8, 4) is 0 Å². The van der Waals surface area contributed by atoms with Gasteiger partial charge in [0.1, 0.15) is 5.82 Å². The molecule has 1 fully saturated rings. The Labute approximate surface area is 137 Å². The van der Waals surface area contributed by atoms with Crippen LogP contribution in [0.3, 0.4) is 0 Å². The molecule has 6 heteroatoms. The average Bonchev–Trinajstić information content (AvgIpc) is 3.17. The van der Waals surface area contributed by atoms with E-state index in [0.717, 1.165) is 51.3 Å². The maximum atomic E-state index is 12.7. The summed E-state index contributed by atoms with van der Waals surface area (Å²) in [5.41, 5.74) is 0. The third kappa shape index (κ3) is 3.52. The molecule has 0 aromatic carbocycles. The molecule has 1 atom stereocenters. The number of likely N-dealkylation sites (tertiary alicyclic amines) is 1. The molecule has 2 aromatic rings. The van der Waals surface area contributed by atoms with Gasteiger partial charge in [-0.1, -0.05) is 6.92 Å². The highest BCUT2D eigenvalue weighted by Crippen LogP contribution is 2.21. The molecule has 2 aromatic heterocycles. The zero-order valence-electron chi connectivity index (χ0n) is 14.0. The second kappa shape index (κ2) is 7.08. The molecule has 0 aliphatic carbocycles. The highest BCUT2D eigenvalue weighted by atomic mass is 16.1. The Morgan fingerprint density at radius 3 is 2.87 bits per heavy atom. The third-order valence-electron chi connectivity index (χ3n) is 4.55. The van der Waals surface area contributed by atoms with Gasteiger partial charge in [-0.3, -0.25) is 9.69 Å². The summed E-state index contributed by atoms with van der Waals surface area (Å²) < 4.78 is 4.03. The lowest BCUT2D eigenvalue weighted by Gasteiger charge is -2.31. The highest BCUT2D eigenvalue weighted by molar-refractivity contribution is 5.94. The Kier molecular flexibility index (Phi) is 4.91. The van der Waals surface area contributed by atoms with Crippen molar-refractivity contribution in [1.82, 2.24) is 24.0 Å². The first-order valence-electron chi connectivity index (χ1n) is 8.43. The number of carbonyl (C=O) groups excluding carboxylic acids is 1. The van der Waals surface area contributed by atoms with Crippen LogP contribution in [0.25, 0.3) is 0 Å². The number of rotatable bonds is 6. The number of hydrogen-bond donors (Lipinski definition) is 0.